The van der Waals surface area contributed by atoms with Crippen LogP contribution >= 0.6 is 0 Å². The molecule has 0 heterocycles. The van der Waals surface area contributed by atoms with Crippen LogP contribution < -0.4 is 0 Å². The lowest BCUT2D eigenvalue weighted by molar-refractivity contribution is -0.143. The summed E-state index contributed by atoms with van der Waals surface area (Å²) in [4.78, 5) is 73.4. The van der Waals surface area contributed by atoms with Crippen LogP contribution in [0.5, 0.6) is 5.75 Å². The SMILES string of the molecule is CC1=C(CN(CC(=O)O)CC(=O)O)C(=[OH+])C(C(C)C)=C/C1=C(\c1ccccc1C(=O)O)c1cc(C(C)C)c(O)c(CN(CC(=O)O)CC(=O)O)c1C. The number of nitrogens with zero attached hydrogens (tertiary/aromatic N) is 2. The zero-order chi connectivity index (χ0) is 39.2. The molecule has 0 spiro atoms. The number of carboxylic acid groups (broad SMARTS) is 5. The van der Waals surface area contributed by atoms with Gasteiger partial charge in [-0.15, -0.1) is 0 Å². The Bertz CT molecular complexity index is 1870. The minimum atomic E-state index is -1.28. The maximum absolute atomic E-state index is 12.7. The highest BCUT2D eigenvalue weighted by atomic mass is 16.4. The summed E-state index contributed by atoms with van der Waals surface area (Å²) in [7, 11) is 0. The van der Waals surface area contributed by atoms with Crippen LogP contribution in [0.4, 0.5) is 0 Å². The van der Waals surface area contributed by atoms with Gasteiger partial charge in [-0.05, 0) is 82.9 Å². The molecule has 0 aromatic heterocycles. The number of carbonyl (C=O) groups is 5. The molecule has 14 heteroatoms. The van der Waals surface area contributed by atoms with Gasteiger partial charge in [-0.1, -0.05) is 45.9 Å². The molecule has 0 aliphatic heterocycles. The first-order chi connectivity index (χ1) is 24.2. The average Bonchev–Trinajstić information content (AvgIpc) is 3.01. The Morgan fingerprint density at radius 2 is 1.19 bits per heavy atom. The molecule has 0 saturated heterocycles. The molecule has 0 atom stereocenters. The van der Waals surface area contributed by atoms with Gasteiger partial charge in [0.05, 0.1) is 42.9 Å². The molecule has 2 aromatic carbocycles. The summed E-state index contributed by atoms with van der Waals surface area (Å²) in [6.45, 7) is 7.41. The van der Waals surface area contributed by atoms with E-state index < -0.39 is 56.0 Å². The van der Waals surface area contributed by atoms with Gasteiger partial charge in [0, 0.05) is 18.7 Å². The van der Waals surface area contributed by atoms with E-state index in [1.54, 1.807) is 44.2 Å². The van der Waals surface area contributed by atoms with Gasteiger partial charge >= 0.3 is 35.6 Å². The monoisotopic (exact) mass is 721 g/mol. The fraction of sp³-hybridized carbons (Fsp3) is 0.368. The van der Waals surface area contributed by atoms with Crippen LogP contribution in [0, 0.1) is 12.8 Å². The summed E-state index contributed by atoms with van der Waals surface area (Å²) in [5, 5.41) is 60.1. The zero-order valence-electron chi connectivity index (χ0n) is 29.9. The number of carbonyl (C=O) groups excluding carboxylic acids is 1. The number of hydrogen-bond acceptors (Lipinski definition) is 8. The van der Waals surface area contributed by atoms with Gasteiger partial charge < -0.3 is 30.6 Å². The number of aromatic carboxylic acids is 1. The minimum Gasteiger partial charge on any atom is -0.507 e. The summed E-state index contributed by atoms with van der Waals surface area (Å²) in [6.07, 6.45) is 1.70. The summed E-state index contributed by atoms with van der Waals surface area (Å²) < 4.78 is 0. The standard InChI is InChI=1S/C38H44N2O12/c1-19(2)25-11-27(21(5)29(36(25)49)13-39(15-31(41)42)16-32(43)44)35(23-9-7-8-10-24(23)38(51)52)28-12-26(20(3)4)37(50)30(22(28)6)14-40(17-33(45)46)18-34(47)48/h7-12,19-20,49H,13-18H2,1-6H3,(H,41,42)(H,43,44)(H,45,46)(H,47,48)(H,51,52)/p+1/b35-28-. The second-order valence-electron chi connectivity index (χ2n) is 13.3. The van der Waals surface area contributed by atoms with E-state index in [0.29, 0.717) is 39.0 Å². The van der Waals surface area contributed by atoms with E-state index in [0.717, 1.165) is 9.80 Å². The Morgan fingerprint density at radius 3 is 1.63 bits per heavy atom. The molecular weight excluding hydrogens is 676 g/mol. The third-order valence-corrected chi connectivity index (χ3v) is 8.84. The topological polar surface area (TPSA) is 235 Å². The van der Waals surface area contributed by atoms with Crippen LogP contribution in [0.1, 0.15) is 78.7 Å². The van der Waals surface area contributed by atoms with Crippen molar-refractivity contribution in [1.29, 1.82) is 0 Å². The lowest BCUT2D eigenvalue weighted by Gasteiger charge is -2.28. The highest BCUT2D eigenvalue weighted by Crippen LogP contribution is 2.44. The average molecular weight is 722 g/mol. The molecule has 0 fully saturated rings. The van der Waals surface area contributed by atoms with Crippen LogP contribution in [0.15, 0.2) is 58.7 Å². The van der Waals surface area contributed by atoms with Crippen molar-refractivity contribution in [2.45, 2.75) is 54.0 Å². The van der Waals surface area contributed by atoms with Crippen molar-refractivity contribution in [3.05, 3.63) is 92.1 Å². The minimum absolute atomic E-state index is 0.0884. The molecule has 278 valence electrons. The van der Waals surface area contributed by atoms with E-state index >= 15 is 0 Å². The number of hydrogen-bond donors (Lipinski definition) is 6. The molecule has 3 rings (SSSR count). The van der Waals surface area contributed by atoms with Gasteiger partial charge in [0.1, 0.15) is 5.75 Å². The fourth-order valence-corrected chi connectivity index (χ4v) is 6.35. The molecule has 0 radical (unpaired) electrons. The van der Waals surface area contributed by atoms with Crippen molar-refractivity contribution >= 4 is 41.2 Å². The molecular formula is C38H45N2O12+. The number of phenols is 1. The second-order valence-corrected chi connectivity index (χ2v) is 13.3. The molecule has 0 amide bonds. The lowest BCUT2D eigenvalue weighted by atomic mass is 9.76. The summed E-state index contributed by atoms with van der Waals surface area (Å²) in [5.41, 5.74) is 3.46. The number of allylic oxidation sites excluding steroid dienone is 4. The van der Waals surface area contributed by atoms with Gasteiger partial charge in [0.15, 0.2) is 0 Å². The molecule has 0 unspecified atom stereocenters. The number of aromatic hydroxyl groups is 1. The van der Waals surface area contributed by atoms with Crippen molar-refractivity contribution in [1.82, 2.24) is 9.80 Å². The quantitative estimate of drug-likeness (QED) is 0.126. The number of benzene rings is 2. The normalized spacial score (nSPS) is 14.3. The van der Waals surface area contributed by atoms with Crippen LogP contribution in [0.3, 0.4) is 0 Å². The molecule has 1 aliphatic carbocycles. The largest absolute Gasteiger partial charge is 0.507 e. The molecule has 0 bridgehead atoms. The van der Waals surface area contributed by atoms with E-state index in [2.05, 4.69) is 0 Å². The number of aliphatic carboxylic acids is 4. The number of rotatable bonds is 17. The first-order valence-corrected chi connectivity index (χ1v) is 16.5. The summed E-state index contributed by atoms with van der Waals surface area (Å²) in [6, 6.07) is 7.92. The van der Waals surface area contributed by atoms with Gasteiger partial charge in [-0.2, -0.15) is 0 Å². The van der Waals surface area contributed by atoms with E-state index in [4.69, 9.17) is 0 Å². The van der Waals surface area contributed by atoms with Gasteiger partial charge in [0.25, 0.3) is 0 Å². The van der Waals surface area contributed by atoms with E-state index in [1.807, 2.05) is 27.7 Å². The van der Waals surface area contributed by atoms with Crippen molar-refractivity contribution in [2.24, 2.45) is 5.92 Å². The van der Waals surface area contributed by atoms with Crippen LogP contribution in [0.2, 0.25) is 0 Å². The first kappa shape index (κ1) is 40.8. The molecule has 2 aromatic rings. The Hall–Kier alpha value is -5.60. The fourth-order valence-electron chi connectivity index (χ4n) is 6.35. The second kappa shape index (κ2) is 17.1. The third kappa shape index (κ3) is 9.59. The Labute approximate surface area is 300 Å². The molecule has 52 heavy (non-hydrogen) atoms. The van der Waals surface area contributed by atoms with Crippen molar-refractivity contribution in [3.63, 3.8) is 0 Å². The third-order valence-electron chi connectivity index (χ3n) is 8.84. The van der Waals surface area contributed by atoms with Crippen molar-refractivity contribution in [3.8, 4) is 5.75 Å². The molecule has 7 N–H and O–H groups in total. The smallest absolute Gasteiger partial charge is 0.348 e. The molecule has 0 saturated carbocycles. The predicted molar refractivity (Wildman–Crippen MR) is 191 cm³/mol. The first-order valence-electron chi connectivity index (χ1n) is 16.5. The maximum Gasteiger partial charge on any atom is 0.348 e. The van der Waals surface area contributed by atoms with Gasteiger partial charge in [-0.25, -0.2) is 4.79 Å². The van der Waals surface area contributed by atoms with Crippen LogP contribution in [-0.2, 0) is 25.7 Å². The summed E-state index contributed by atoms with van der Waals surface area (Å²) >= 11 is 0. The highest BCUT2D eigenvalue weighted by molar-refractivity contribution is 6.14. The Balaban J connectivity index is 2.60. The zero-order valence-corrected chi connectivity index (χ0v) is 29.9. The van der Waals surface area contributed by atoms with Gasteiger partial charge in [-0.3, -0.25) is 33.8 Å². The Kier molecular flexibility index (Phi) is 13.4. The number of carboxylic acids is 5. The van der Waals surface area contributed by atoms with Crippen LogP contribution in [0.25, 0.3) is 5.57 Å². The van der Waals surface area contributed by atoms with E-state index in [1.165, 1.54) is 6.07 Å². The molecule has 14 nitrogen and oxygen atoms in total. The van der Waals surface area contributed by atoms with Gasteiger partial charge in [0.2, 0.25) is 0 Å². The van der Waals surface area contributed by atoms with E-state index in [-0.39, 0.29) is 58.7 Å². The Morgan fingerprint density at radius 1 is 0.712 bits per heavy atom. The van der Waals surface area contributed by atoms with E-state index in [9.17, 15) is 59.4 Å². The maximum atomic E-state index is 12.7. The number of ketones is 1. The van der Waals surface area contributed by atoms with Crippen LogP contribution in [-0.4, -0.2) is 114 Å². The van der Waals surface area contributed by atoms with Crippen molar-refractivity contribution < 1.29 is 59.4 Å². The summed E-state index contributed by atoms with van der Waals surface area (Å²) in [5.74, 6) is -7.36. The lowest BCUT2D eigenvalue weighted by Crippen LogP contribution is -2.38. The van der Waals surface area contributed by atoms with Crippen molar-refractivity contribution in [2.75, 3.05) is 32.7 Å². The number of phenolic OH excluding ortho intramolecular Hbond substituents is 1. The molecule has 1 aliphatic rings. The highest BCUT2D eigenvalue weighted by Gasteiger charge is 2.35. The predicted octanol–water partition coefficient (Wildman–Crippen LogP) is 4.22.